The number of carbonyl (C=O) groups is 1. The zero-order chi connectivity index (χ0) is 20.6. The summed E-state index contributed by atoms with van der Waals surface area (Å²) in [6, 6.07) is 18.3. The van der Waals surface area contributed by atoms with Crippen molar-refractivity contribution in [3.05, 3.63) is 71.8 Å². The smallest absolute Gasteiger partial charge is 0.235 e. The number of ether oxygens (including phenoxy) is 1. The highest BCUT2D eigenvalue weighted by Crippen LogP contribution is 2.50. The average molecular weight is 389 g/mol. The van der Waals surface area contributed by atoms with E-state index in [0.29, 0.717) is 24.1 Å². The van der Waals surface area contributed by atoms with Crippen molar-refractivity contribution in [1.29, 1.82) is 0 Å². The van der Waals surface area contributed by atoms with Crippen LogP contribution in [-0.2, 0) is 10.2 Å². The molecule has 0 heterocycles. The molecule has 5 nitrogen and oxygen atoms in total. The van der Waals surface area contributed by atoms with Gasteiger partial charge in [0.2, 0.25) is 5.91 Å². The highest BCUT2D eigenvalue weighted by atomic mass is 16.5. The second-order valence-corrected chi connectivity index (χ2v) is 7.52. The molecule has 3 aromatic rings. The number of hydrogen-bond donors (Lipinski definition) is 3. The van der Waals surface area contributed by atoms with Crippen molar-refractivity contribution < 1.29 is 19.7 Å². The van der Waals surface area contributed by atoms with Gasteiger partial charge in [-0.2, -0.15) is 0 Å². The molecule has 3 aromatic carbocycles. The van der Waals surface area contributed by atoms with Crippen molar-refractivity contribution in [3.63, 3.8) is 0 Å². The quantitative estimate of drug-likeness (QED) is 0.550. The van der Waals surface area contributed by atoms with Crippen LogP contribution in [0.15, 0.2) is 60.7 Å². The Morgan fingerprint density at radius 1 is 0.966 bits per heavy atom. The van der Waals surface area contributed by atoms with Gasteiger partial charge in [0.1, 0.15) is 5.75 Å². The molecule has 0 aromatic heterocycles. The lowest BCUT2D eigenvalue weighted by Gasteiger charge is -2.18. The van der Waals surface area contributed by atoms with Gasteiger partial charge in [0.15, 0.2) is 11.5 Å². The number of carbonyl (C=O) groups excluding carboxylic acids is 1. The molecule has 5 heteroatoms. The first-order chi connectivity index (χ1) is 13.9. The first-order valence-electron chi connectivity index (χ1n) is 9.52. The third kappa shape index (κ3) is 3.51. The summed E-state index contributed by atoms with van der Waals surface area (Å²) in [6.45, 7) is 2.04. The van der Waals surface area contributed by atoms with Crippen molar-refractivity contribution >= 4 is 11.6 Å². The molecular formula is C24H23NO4. The highest BCUT2D eigenvalue weighted by Gasteiger charge is 2.51. The summed E-state index contributed by atoms with van der Waals surface area (Å²) in [5.74, 6) is 0.203. The number of hydrogen-bond acceptors (Lipinski definition) is 4. The van der Waals surface area contributed by atoms with Crippen molar-refractivity contribution in [2.45, 2.75) is 25.2 Å². The monoisotopic (exact) mass is 389 g/mol. The Bertz CT molecular complexity index is 1070. The fourth-order valence-corrected chi connectivity index (χ4v) is 3.59. The van der Waals surface area contributed by atoms with Gasteiger partial charge >= 0.3 is 0 Å². The third-order valence-corrected chi connectivity index (χ3v) is 5.53. The molecule has 0 radical (unpaired) electrons. The lowest BCUT2D eigenvalue weighted by Crippen LogP contribution is -2.27. The molecule has 1 aliphatic rings. The number of aryl methyl sites for hydroxylation is 1. The van der Waals surface area contributed by atoms with Crippen LogP contribution in [0.3, 0.4) is 0 Å². The zero-order valence-corrected chi connectivity index (χ0v) is 16.4. The Morgan fingerprint density at radius 3 is 2.31 bits per heavy atom. The summed E-state index contributed by atoms with van der Waals surface area (Å²) in [5, 5.41) is 22.4. The number of amides is 1. The Labute approximate surface area is 169 Å². The van der Waals surface area contributed by atoms with Gasteiger partial charge in [-0.05, 0) is 61.2 Å². The largest absolute Gasteiger partial charge is 0.504 e. The van der Waals surface area contributed by atoms with Gasteiger partial charge in [-0.1, -0.05) is 35.9 Å². The Kier molecular flexibility index (Phi) is 4.66. The Hall–Kier alpha value is -3.47. The molecule has 1 amide bonds. The number of methoxy groups -OCH3 is 1. The molecule has 3 N–H and O–H groups in total. The number of benzene rings is 3. The fourth-order valence-electron chi connectivity index (χ4n) is 3.59. The van der Waals surface area contributed by atoms with Gasteiger partial charge in [-0.15, -0.1) is 0 Å². The first-order valence-corrected chi connectivity index (χ1v) is 9.52. The minimum absolute atomic E-state index is 0.123. The van der Waals surface area contributed by atoms with E-state index in [4.69, 9.17) is 4.74 Å². The average Bonchev–Trinajstić information content (AvgIpc) is 3.53. The standard InChI is InChI=1S/C24H23NO4/c1-15-3-5-16(6-4-15)19-14-18(8-10-22(19)29-2)25-23(28)24(11-12-24)17-7-9-20(26)21(27)13-17/h3-10,13-14,26-27H,11-12H2,1-2H3,(H,25,28). The summed E-state index contributed by atoms with van der Waals surface area (Å²) in [7, 11) is 1.63. The van der Waals surface area contributed by atoms with Gasteiger partial charge in [-0.3, -0.25) is 4.79 Å². The normalized spacial score (nSPS) is 14.3. The van der Waals surface area contributed by atoms with Crippen LogP contribution in [0.5, 0.6) is 17.2 Å². The molecule has 0 aliphatic heterocycles. The summed E-state index contributed by atoms with van der Waals surface area (Å²) in [5.41, 5.74) is 3.79. The molecule has 1 saturated carbocycles. The van der Waals surface area contributed by atoms with E-state index < -0.39 is 5.41 Å². The lowest BCUT2D eigenvalue weighted by molar-refractivity contribution is -0.118. The molecule has 0 spiro atoms. The minimum atomic E-state index is -0.671. The molecule has 0 atom stereocenters. The van der Waals surface area contributed by atoms with E-state index >= 15 is 0 Å². The van der Waals surface area contributed by atoms with Gasteiger partial charge in [-0.25, -0.2) is 0 Å². The van der Waals surface area contributed by atoms with Gasteiger partial charge in [0.25, 0.3) is 0 Å². The van der Waals surface area contributed by atoms with E-state index in [-0.39, 0.29) is 17.4 Å². The molecule has 148 valence electrons. The highest BCUT2D eigenvalue weighted by molar-refractivity contribution is 6.02. The van der Waals surface area contributed by atoms with Crippen LogP contribution in [0.2, 0.25) is 0 Å². The van der Waals surface area contributed by atoms with Crippen LogP contribution in [-0.4, -0.2) is 23.2 Å². The molecule has 1 aliphatic carbocycles. The number of phenolic OH excluding ortho intramolecular Hbond substituents is 2. The number of anilines is 1. The van der Waals surface area contributed by atoms with Gasteiger partial charge in [0.05, 0.1) is 12.5 Å². The van der Waals surface area contributed by atoms with E-state index in [1.807, 2.05) is 49.4 Å². The van der Waals surface area contributed by atoms with Crippen LogP contribution in [0.4, 0.5) is 5.69 Å². The number of aromatic hydroxyl groups is 2. The zero-order valence-electron chi connectivity index (χ0n) is 16.4. The van der Waals surface area contributed by atoms with Crippen molar-refractivity contribution in [2.24, 2.45) is 0 Å². The molecule has 1 fully saturated rings. The summed E-state index contributed by atoms with van der Waals surface area (Å²) in [4.78, 5) is 13.1. The van der Waals surface area contributed by atoms with Crippen LogP contribution in [0.25, 0.3) is 11.1 Å². The molecular weight excluding hydrogens is 366 g/mol. The second kappa shape index (κ2) is 7.17. The Morgan fingerprint density at radius 2 is 1.69 bits per heavy atom. The van der Waals surface area contributed by atoms with Crippen LogP contribution in [0, 0.1) is 6.92 Å². The second-order valence-electron chi connectivity index (χ2n) is 7.52. The SMILES string of the molecule is COc1ccc(NC(=O)C2(c3ccc(O)c(O)c3)CC2)cc1-c1ccc(C)cc1. The Balaban J connectivity index is 1.62. The van der Waals surface area contributed by atoms with Gasteiger partial charge in [0, 0.05) is 11.3 Å². The predicted molar refractivity (Wildman–Crippen MR) is 112 cm³/mol. The molecule has 0 saturated heterocycles. The van der Waals surface area contributed by atoms with Crippen molar-refractivity contribution in [1.82, 2.24) is 0 Å². The molecule has 0 bridgehead atoms. The summed E-state index contributed by atoms with van der Waals surface area (Å²) >= 11 is 0. The van der Waals surface area contributed by atoms with Crippen LogP contribution >= 0.6 is 0 Å². The third-order valence-electron chi connectivity index (χ3n) is 5.53. The molecule has 0 unspecified atom stereocenters. The minimum Gasteiger partial charge on any atom is -0.504 e. The maximum absolute atomic E-state index is 13.1. The summed E-state index contributed by atoms with van der Waals surface area (Å²) in [6.07, 6.45) is 1.40. The van der Waals surface area contributed by atoms with E-state index in [0.717, 1.165) is 16.9 Å². The predicted octanol–water partition coefficient (Wildman–Crippen LogP) is 4.75. The van der Waals surface area contributed by atoms with E-state index in [1.54, 1.807) is 13.2 Å². The fraction of sp³-hybridized carbons (Fsp3) is 0.208. The molecule has 4 rings (SSSR count). The maximum Gasteiger partial charge on any atom is 0.235 e. The van der Waals surface area contributed by atoms with E-state index in [1.165, 1.54) is 17.7 Å². The first kappa shape index (κ1) is 18.9. The van der Waals surface area contributed by atoms with Crippen LogP contribution in [0.1, 0.15) is 24.0 Å². The van der Waals surface area contributed by atoms with Crippen LogP contribution < -0.4 is 10.1 Å². The lowest BCUT2D eigenvalue weighted by atomic mass is 9.94. The topological polar surface area (TPSA) is 78.8 Å². The summed E-state index contributed by atoms with van der Waals surface area (Å²) < 4.78 is 5.50. The maximum atomic E-state index is 13.1. The van der Waals surface area contributed by atoms with E-state index in [9.17, 15) is 15.0 Å². The van der Waals surface area contributed by atoms with E-state index in [2.05, 4.69) is 5.32 Å². The van der Waals surface area contributed by atoms with Crippen molar-refractivity contribution in [3.8, 4) is 28.4 Å². The van der Waals surface area contributed by atoms with Gasteiger partial charge < -0.3 is 20.3 Å². The molecule has 29 heavy (non-hydrogen) atoms. The van der Waals surface area contributed by atoms with Crippen molar-refractivity contribution in [2.75, 3.05) is 12.4 Å². The number of phenols is 2. The number of rotatable bonds is 5. The number of nitrogens with one attached hydrogen (secondary N) is 1.